The maximum Gasteiger partial charge on any atom is 0.188 e. The molecule has 0 bridgehead atoms. The van der Waals surface area contributed by atoms with Gasteiger partial charge in [-0.2, -0.15) is 0 Å². The van der Waals surface area contributed by atoms with Gasteiger partial charge in [0.05, 0.1) is 13.2 Å². The fourth-order valence-corrected chi connectivity index (χ4v) is 3.22. The van der Waals surface area contributed by atoms with E-state index in [0.717, 1.165) is 6.54 Å². The summed E-state index contributed by atoms with van der Waals surface area (Å²) in [6, 6.07) is 10.7. The zero-order valence-corrected chi connectivity index (χ0v) is 15.7. The monoisotopic (exact) mass is 421 g/mol. The Labute approximate surface area is 148 Å². The summed E-state index contributed by atoms with van der Waals surface area (Å²) in [7, 11) is 1.68. The number of benzene rings is 1. The van der Waals surface area contributed by atoms with Gasteiger partial charge >= 0.3 is 0 Å². The van der Waals surface area contributed by atoms with Crippen LogP contribution in [0.3, 0.4) is 0 Å². The molecule has 1 saturated carbocycles. The minimum atomic E-state index is 0. The van der Waals surface area contributed by atoms with Crippen LogP contribution in [0.4, 0.5) is 0 Å². The first-order valence-electron chi connectivity index (χ1n) is 6.93. The first kappa shape index (κ1) is 18.6. The molecule has 0 spiro atoms. The van der Waals surface area contributed by atoms with Gasteiger partial charge in [0.2, 0.25) is 0 Å². The van der Waals surface area contributed by atoms with Crippen molar-refractivity contribution in [2.75, 3.05) is 20.3 Å². The molecule has 3 N–H and O–H groups in total. The molecule has 1 aromatic carbocycles. The number of thioether (sulfide) groups is 1. The zero-order chi connectivity index (χ0) is 14.4. The van der Waals surface area contributed by atoms with E-state index in [4.69, 9.17) is 10.5 Å². The summed E-state index contributed by atoms with van der Waals surface area (Å²) in [5, 5.41) is 3.14. The summed E-state index contributed by atoms with van der Waals surface area (Å²) < 4.78 is 5.31. The number of ether oxygens (including phenoxy) is 1. The van der Waals surface area contributed by atoms with Crippen molar-refractivity contribution in [3.05, 3.63) is 30.3 Å². The van der Waals surface area contributed by atoms with Crippen molar-refractivity contribution in [2.24, 2.45) is 10.7 Å². The molecule has 118 valence electrons. The van der Waals surface area contributed by atoms with Crippen LogP contribution in [0.5, 0.6) is 0 Å². The second-order valence-electron chi connectivity index (χ2n) is 5.30. The summed E-state index contributed by atoms with van der Waals surface area (Å²) in [6.45, 7) is 3.42. The lowest BCUT2D eigenvalue weighted by Crippen LogP contribution is -2.41. The van der Waals surface area contributed by atoms with E-state index in [1.54, 1.807) is 7.11 Å². The first-order chi connectivity index (χ1) is 9.63. The lowest BCUT2D eigenvalue weighted by Gasteiger charge is -2.15. The maximum absolute atomic E-state index is 5.91. The van der Waals surface area contributed by atoms with Crippen LogP contribution >= 0.6 is 35.7 Å². The van der Waals surface area contributed by atoms with Crippen LogP contribution < -0.4 is 11.1 Å². The van der Waals surface area contributed by atoms with E-state index < -0.39 is 0 Å². The lowest BCUT2D eigenvalue weighted by atomic mass is 10.4. The Hall–Kier alpha value is -0.470. The van der Waals surface area contributed by atoms with Crippen LogP contribution in [0.25, 0.3) is 0 Å². The summed E-state index contributed by atoms with van der Waals surface area (Å²) in [6.07, 6.45) is 2.41. The molecule has 1 atom stereocenters. The van der Waals surface area contributed by atoms with E-state index in [9.17, 15) is 0 Å². The van der Waals surface area contributed by atoms with Crippen LogP contribution in [0.1, 0.15) is 19.8 Å². The number of nitrogens with zero attached hydrogens (tertiary/aromatic N) is 1. The van der Waals surface area contributed by atoms with E-state index in [2.05, 4.69) is 34.6 Å². The molecular weight excluding hydrogens is 397 g/mol. The third kappa shape index (κ3) is 6.44. The van der Waals surface area contributed by atoms with Gasteiger partial charge in [-0.3, -0.25) is 4.99 Å². The zero-order valence-electron chi connectivity index (χ0n) is 12.5. The Morgan fingerprint density at radius 2 is 2.10 bits per heavy atom. The Morgan fingerprint density at radius 3 is 2.67 bits per heavy atom. The van der Waals surface area contributed by atoms with E-state index in [1.807, 2.05) is 24.8 Å². The largest absolute Gasteiger partial charge is 0.383 e. The molecule has 6 heteroatoms. The van der Waals surface area contributed by atoms with Gasteiger partial charge < -0.3 is 15.8 Å². The molecule has 0 aromatic heterocycles. The van der Waals surface area contributed by atoms with Crippen molar-refractivity contribution >= 4 is 41.7 Å². The van der Waals surface area contributed by atoms with Gasteiger partial charge in [0.1, 0.15) is 0 Å². The molecular formula is C15H24IN3OS. The Bertz CT molecular complexity index is 451. The highest BCUT2D eigenvalue weighted by molar-refractivity contribution is 14.0. The van der Waals surface area contributed by atoms with Crippen molar-refractivity contribution in [1.82, 2.24) is 5.32 Å². The number of methoxy groups -OCH3 is 1. The second-order valence-corrected chi connectivity index (χ2v) is 6.84. The number of rotatable bonds is 7. The number of aliphatic imine (C=N–C) groups is 1. The maximum atomic E-state index is 5.91. The van der Waals surface area contributed by atoms with Gasteiger partial charge in [-0.1, -0.05) is 18.2 Å². The van der Waals surface area contributed by atoms with Crippen molar-refractivity contribution in [2.45, 2.75) is 35.4 Å². The second kappa shape index (κ2) is 8.85. The van der Waals surface area contributed by atoms with Gasteiger partial charge in [-0.25, -0.2) is 0 Å². The summed E-state index contributed by atoms with van der Waals surface area (Å²) in [5.41, 5.74) is 5.91. The van der Waals surface area contributed by atoms with Crippen LogP contribution in [0, 0.1) is 0 Å². The molecule has 0 amide bonds. The van der Waals surface area contributed by atoms with Crippen LogP contribution in [-0.2, 0) is 4.74 Å². The van der Waals surface area contributed by atoms with E-state index in [-0.39, 0.29) is 34.8 Å². The Morgan fingerprint density at radius 1 is 1.43 bits per heavy atom. The molecule has 1 aromatic rings. The van der Waals surface area contributed by atoms with E-state index in [1.165, 1.54) is 17.7 Å². The average molecular weight is 421 g/mol. The smallest absolute Gasteiger partial charge is 0.188 e. The SMILES string of the molecule is COCC(C)NC(N)=NCC1(Sc2ccccc2)CC1.I. The molecule has 21 heavy (non-hydrogen) atoms. The topological polar surface area (TPSA) is 59.6 Å². The minimum absolute atomic E-state index is 0. The minimum Gasteiger partial charge on any atom is -0.383 e. The fourth-order valence-electron chi connectivity index (χ4n) is 1.99. The molecule has 0 aliphatic heterocycles. The highest BCUT2D eigenvalue weighted by Gasteiger charge is 2.43. The van der Waals surface area contributed by atoms with Crippen LogP contribution in [0.2, 0.25) is 0 Å². The number of hydrogen-bond acceptors (Lipinski definition) is 3. The molecule has 0 radical (unpaired) electrons. The molecule has 2 rings (SSSR count). The molecule has 1 aliphatic carbocycles. The molecule has 1 fully saturated rings. The summed E-state index contributed by atoms with van der Waals surface area (Å²) in [5.74, 6) is 0.509. The first-order valence-corrected chi connectivity index (χ1v) is 7.75. The van der Waals surface area contributed by atoms with Gasteiger partial charge in [0.15, 0.2) is 5.96 Å². The Balaban J connectivity index is 0.00000220. The van der Waals surface area contributed by atoms with Crippen molar-refractivity contribution in [3.8, 4) is 0 Å². The summed E-state index contributed by atoms with van der Waals surface area (Å²) in [4.78, 5) is 5.79. The van der Waals surface area contributed by atoms with Gasteiger partial charge in [0, 0.05) is 22.8 Å². The highest BCUT2D eigenvalue weighted by Crippen LogP contribution is 2.51. The molecule has 1 unspecified atom stereocenters. The van der Waals surface area contributed by atoms with Crippen molar-refractivity contribution in [3.63, 3.8) is 0 Å². The molecule has 4 nitrogen and oxygen atoms in total. The van der Waals surface area contributed by atoms with E-state index >= 15 is 0 Å². The molecule has 0 heterocycles. The van der Waals surface area contributed by atoms with E-state index in [0.29, 0.717) is 12.6 Å². The average Bonchev–Trinajstić information content (AvgIpc) is 3.18. The van der Waals surface area contributed by atoms with Gasteiger partial charge in [-0.05, 0) is 31.9 Å². The molecule has 0 saturated heterocycles. The predicted octanol–water partition coefficient (Wildman–Crippen LogP) is 2.87. The van der Waals surface area contributed by atoms with Crippen LogP contribution in [0.15, 0.2) is 40.2 Å². The normalized spacial score (nSPS) is 17.7. The number of nitrogens with two attached hydrogens (primary N) is 1. The number of hydrogen-bond donors (Lipinski definition) is 2. The molecule has 1 aliphatic rings. The quantitative estimate of drug-likeness (QED) is 0.404. The van der Waals surface area contributed by atoms with Crippen molar-refractivity contribution in [1.29, 1.82) is 0 Å². The third-order valence-corrected chi connectivity index (χ3v) is 4.71. The number of halogens is 1. The fraction of sp³-hybridized carbons (Fsp3) is 0.533. The van der Waals surface area contributed by atoms with Crippen LogP contribution in [-0.4, -0.2) is 37.0 Å². The van der Waals surface area contributed by atoms with Gasteiger partial charge in [-0.15, -0.1) is 35.7 Å². The Kier molecular flexibility index (Phi) is 7.83. The van der Waals surface area contributed by atoms with Crippen molar-refractivity contribution < 1.29 is 4.74 Å². The number of nitrogens with one attached hydrogen (secondary N) is 1. The van der Waals surface area contributed by atoms with Gasteiger partial charge in [0.25, 0.3) is 0 Å². The highest BCUT2D eigenvalue weighted by atomic mass is 127. The lowest BCUT2D eigenvalue weighted by molar-refractivity contribution is 0.179. The predicted molar refractivity (Wildman–Crippen MR) is 101 cm³/mol. The standard InChI is InChI=1S/C15H23N3OS.HI/c1-12(10-19-2)18-14(16)17-11-15(8-9-15)20-13-6-4-3-5-7-13;/h3-7,12H,8-11H2,1-2H3,(H3,16,17,18);1H. The number of guanidine groups is 1. The third-order valence-electron chi connectivity index (χ3n) is 3.23. The summed E-state index contributed by atoms with van der Waals surface area (Å²) >= 11 is 1.91.